The molecule has 0 aliphatic rings. The van der Waals surface area contributed by atoms with Crippen LogP contribution in [-0.4, -0.2) is 12.6 Å². The van der Waals surface area contributed by atoms with Gasteiger partial charge in [0.15, 0.2) is 6.04 Å². The lowest BCUT2D eigenvalue weighted by Crippen LogP contribution is -2.23. The number of rotatable bonds is 5. The zero-order valence-electron chi connectivity index (χ0n) is 13.6. The van der Waals surface area contributed by atoms with Gasteiger partial charge in [0.25, 0.3) is 0 Å². The summed E-state index contributed by atoms with van der Waals surface area (Å²) in [7, 11) is 0. The summed E-state index contributed by atoms with van der Waals surface area (Å²) in [4.78, 5) is 12.3. The van der Waals surface area contributed by atoms with Crippen LogP contribution in [0.15, 0.2) is 42.5 Å². The van der Waals surface area contributed by atoms with Crippen LogP contribution in [0.4, 0.5) is 5.69 Å². The van der Waals surface area contributed by atoms with Gasteiger partial charge >= 0.3 is 5.97 Å². The second-order valence-electron chi connectivity index (χ2n) is 5.54. The van der Waals surface area contributed by atoms with E-state index in [1.54, 1.807) is 0 Å². The number of ether oxygens (including phenoxy) is 1. The molecule has 0 amide bonds. The minimum Gasteiger partial charge on any atom is -0.464 e. The highest BCUT2D eigenvalue weighted by Gasteiger charge is 2.21. The standard InChI is InChI=1S/C19H23NO2/c1-5-22-19(21)18(16-9-6-13(2)7-10-16)20-17-11-8-14(3)15(4)12-17/h6-12,18,20H,5H2,1-4H3/t18-/m0/s1. The molecule has 0 heterocycles. The predicted molar refractivity (Wildman–Crippen MR) is 90.1 cm³/mol. The molecule has 0 unspecified atom stereocenters. The third kappa shape index (κ3) is 3.88. The molecule has 2 aromatic rings. The van der Waals surface area contributed by atoms with Crippen molar-refractivity contribution in [2.24, 2.45) is 0 Å². The number of benzene rings is 2. The van der Waals surface area contributed by atoms with Crippen molar-refractivity contribution in [1.29, 1.82) is 0 Å². The smallest absolute Gasteiger partial charge is 0.333 e. The van der Waals surface area contributed by atoms with Crippen molar-refractivity contribution in [3.05, 3.63) is 64.7 Å². The highest BCUT2D eigenvalue weighted by atomic mass is 16.5. The Morgan fingerprint density at radius 1 is 1.05 bits per heavy atom. The Balaban J connectivity index is 2.29. The van der Waals surface area contributed by atoms with Crippen LogP contribution in [0.2, 0.25) is 0 Å². The monoisotopic (exact) mass is 297 g/mol. The van der Waals surface area contributed by atoms with Crippen LogP contribution in [0.1, 0.15) is 35.2 Å². The average molecular weight is 297 g/mol. The molecule has 116 valence electrons. The molecule has 3 heteroatoms. The molecule has 3 nitrogen and oxygen atoms in total. The summed E-state index contributed by atoms with van der Waals surface area (Å²) in [5.41, 5.74) is 5.41. The maximum atomic E-state index is 12.3. The van der Waals surface area contributed by atoms with Gasteiger partial charge in [-0.3, -0.25) is 0 Å². The maximum absolute atomic E-state index is 12.3. The molecule has 0 saturated carbocycles. The normalized spacial score (nSPS) is 11.8. The molecule has 0 bridgehead atoms. The van der Waals surface area contributed by atoms with Crippen LogP contribution in [0.25, 0.3) is 0 Å². The Bertz CT molecular complexity index is 647. The quantitative estimate of drug-likeness (QED) is 0.835. The van der Waals surface area contributed by atoms with Crippen LogP contribution in [0, 0.1) is 20.8 Å². The summed E-state index contributed by atoms with van der Waals surface area (Å²) < 4.78 is 5.21. The van der Waals surface area contributed by atoms with Crippen molar-refractivity contribution in [3.63, 3.8) is 0 Å². The summed E-state index contributed by atoms with van der Waals surface area (Å²) in [5, 5.41) is 3.29. The average Bonchev–Trinajstić information content (AvgIpc) is 2.49. The lowest BCUT2D eigenvalue weighted by atomic mass is 10.0. The number of hydrogen-bond donors (Lipinski definition) is 1. The van der Waals surface area contributed by atoms with Crippen LogP contribution in [0.3, 0.4) is 0 Å². The SMILES string of the molecule is CCOC(=O)[C@@H](Nc1ccc(C)c(C)c1)c1ccc(C)cc1. The summed E-state index contributed by atoms with van der Waals surface area (Å²) in [6.07, 6.45) is 0. The summed E-state index contributed by atoms with van der Waals surface area (Å²) in [6.45, 7) is 8.35. The highest BCUT2D eigenvalue weighted by molar-refractivity contribution is 5.81. The van der Waals surface area contributed by atoms with E-state index >= 15 is 0 Å². The zero-order valence-corrected chi connectivity index (χ0v) is 13.6. The van der Waals surface area contributed by atoms with Crippen molar-refractivity contribution in [3.8, 4) is 0 Å². The molecule has 2 rings (SSSR count). The van der Waals surface area contributed by atoms with Gasteiger partial charge in [-0.2, -0.15) is 0 Å². The van der Waals surface area contributed by atoms with E-state index in [0.29, 0.717) is 6.61 Å². The lowest BCUT2D eigenvalue weighted by molar-refractivity contribution is -0.144. The van der Waals surface area contributed by atoms with Crippen LogP contribution >= 0.6 is 0 Å². The number of nitrogens with one attached hydrogen (secondary N) is 1. The molecule has 2 aromatic carbocycles. The predicted octanol–water partition coefficient (Wildman–Crippen LogP) is 4.33. The fraction of sp³-hybridized carbons (Fsp3) is 0.316. The fourth-order valence-electron chi connectivity index (χ4n) is 2.26. The Kier molecular flexibility index (Phi) is 5.21. The van der Waals surface area contributed by atoms with Crippen molar-refractivity contribution < 1.29 is 9.53 Å². The zero-order chi connectivity index (χ0) is 16.1. The van der Waals surface area contributed by atoms with Gasteiger partial charge in [0.1, 0.15) is 0 Å². The van der Waals surface area contributed by atoms with Gasteiger partial charge in [-0.1, -0.05) is 35.9 Å². The Morgan fingerprint density at radius 3 is 2.32 bits per heavy atom. The molecule has 1 atom stereocenters. The molecule has 0 spiro atoms. The van der Waals surface area contributed by atoms with Gasteiger partial charge in [-0.25, -0.2) is 4.79 Å². The number of carbonyl (C=O) groups excluding carboxylic acids is 1. The van der Waals surface area contributed by atoms with Gasteiger partial charge in [-0.15, -0.1) is 0 Å². The molecule has 0 aliphatic carbocycles. The second-order valence-corrected chi connectivity index (χ2v) is 5.54. The minimum absolute atomic E-state index is 0.260. The van der Waals surface area contributed by atoms with Gasteiger partial charge in [0, 0.05) is 5.69 Å². The first-order valence-electron chi connectivity index (χ1n) is 7.58. The number of aryl methyl sites for hydroxylation is 3. The topological polar surface area (TPSA) is 38.3 Å². The number of esters is 1. The molecule has 1 N–H and O–H groups in total. The van der Waals surface area contributed by atoms with E-state index in [2.05, 4.69) is 31.3 Å². The van der Waals surface area contributed by atoms with E-state index < -0.39 is 6.04 Å². The van der Waals surface area contributed by atoms with E-state index in [1.165, 1.54) is 11.1 Å². The second kappa shape index (κ2) is 7.12. The fourth-order valence-corrected chi connectivity index (χ4v) is 2.26. The van der Waals surface area contributed by atoms with E-state index in [4.69, 9.17) is 4.74 Å². The summed E-state index contributed by atoms with van der Waals surface area (Å²) in [5.74, 6) is -0.260. The Labute approximate surface area is 132 Å². The van der Waals surface area contributed by atoms with Gasteiger partial charge in [-0.05, 0) is 56.5 Å². The first-order valence-corrected chi connectivity index (χ1v) is 7.58. The first kappa shape index (κ1) is 16.1. The lowest BCUT2D eigenvalue weighted by Gasteiger charge is -2.19. The number of anilines is 1. The first-order chi connectivity index (χ1) is 10.5. The molecule has 0 saturated heterocycles. The molecule has 0 fully saturated rings. The minimum atomic E-state index is -0.498. The van der Waals surface area contributed by atoms with Crippen molar-refractivity contribution in [1.82, 2.24) is 0 Å². The molecule has 0 aromatic heterocycles. The van der Waals surface area contributed by atoms with Gasteiger partial charge < -0.3 is 10.1 Å². The molecular weight excluding hydrogens is 274 g/mol. The van der Waals surface area contributed by atoms with Crippen molar-refractivity contribution in [2.75, 3.05) is 11.9 Å². The third-order valence-electron chi connectivity index (χ3n) is 3.75. The number of hydrogen-bond acceptors (Lipinski definition) is 3. The van der Waals surface area contributed by atoms with Crippen molar-refractivity contribution >= 4 is 11.7 Å². The third-order valence-corrected chi connectivity index (χ3v) is 3.75. The Hall–Kier alpha value is -2.29. The van der Waals surface area contributed by atoms with E-state index in [9.17, 15) is 4.79 Å². The van der Waals surface area contributed by atoms with Gasteiger partial charge in [0.05, 0.1) is 6.61 Å². The molecule has 22 heavy (non-hydrogen) atoms. The highest BCUT2D eigenvalue weighted by Crippen LogP contribution is 2.23. The largest absolute Gasteiger partial charge is 0.464 e. The molecule has 0 radical (unpaired) electrons. The summed E-state index contributed by atoms with van der Waals surface area (Å²) in [6, 6.07) is 13.5. The maximum Gasteiger partial charge on any atom is 0.333 e. The van der Waals surface area contributed by atoms with E-state index in [0.717, 1.165) is 16.8 Å². The number of carbonyl (C=O) groups is 1. The van der Waals surface area contributed by atoms with E-state index in [-0.39, 0.29) is 5.97 Å². The molecule has 0 aliphatic heterocycles. The van der Waals surface area contributed by atoms with Gasteiger partial charge in [0.2, 0.25) is 0 Å². The van der Waals surface area contributed by atoms with Crippen LogP contribution in [0.5, 0.6) is 0 Å². The molecular formula is C19H23NO2. The van der Waals surface area contributed by atoms with E-state index in [1.807, 2.05) is 44.2 Å². The van der Waals surface area contributed by atoms with Crippen LogP contribution < -0.4 is 5.32 Å². The summed E-state index contributed by atoms with van der Waals surface area (Å²) >= 11 is 0. The van der Waals surface area contributed by atoms with Crippen molar-refractivity contribution in [2.45, 2.75) is 33.7 Å². The Morgan fingerprint density at radius 2 is 1.73 bits per heavy atom. The van der Waals surface area contributed by atoms with Crippen LogP contribution in [-0.2, 0) is 9.53 Å².